The van der Waals surface area contributed by atoms with Crippen molar-refractivity contribution in [3.8, 4) is 0 Å². The Labute approximate surface area is 331 Å². The van der Waals surface area contributed by atoms with E-state index in [0.29, 0.717) is 25.9 Å². The third-order valence-electron chi connectivity index (χ3n) is 13.9. The van der Waals surface area contributed by atoms with Crippen LogP contribution in [0.15, 0.2) is 72.8 Å². The molecule has 2 bridgehead atoms. The molecule has 3 heterocycles. The fourth-order valence-electron chi connectivity index (χ4n) is 10.5. The van der Waals surface area contributed by atoms with Gasteiger partial charge in [-0.1, -0.05) is 50.2 Å². The van der Waals surface area contributed by atoms with E-state index in [1.54, 1.807) is 0 Å². The lowest BCUT2D eigenvalue weighted by molar-refractivity contribution is -0.159. The van der Waals surface area contributed by atoms with Crippen molar-refractivity contribution in [3.63, 3.8) is 0 Å². The van der Waals surface area contributed by atoms with Crippen LogP contribution in [-0.2, 0) is 19.2 Å². The second kappa shape index (κ2) is 15.3. The van der Waals surface area contributed by atoms with Crippen molar-refractivity contribution in [1.29, 1.82) is 0 Å². The largest absolute Gasteiger partial charge is 0.378 e. The van der Waals surface area contributed by atoms with Gasteiger partial charge in [-0.05, 0) is 118 Å². The Morgan fingerprint density at radius 2 is 1.16 bits per heavy atom. The second-order valence-electron chi connectivity index (χ2n) is 17.4. The van der Waals surface area contributed by atoms with Crippen molar-refractivity contribution in [2.45, 2.75) is 116 Å². The number of hydrogen-bond acceptors (Lipinski definition) is 6. The molecule has 296 valence electrons. The molecule has 0 radical (unpaired) electrons. The first-order valence-corrected chi connectivity index (χ1v) is 21.1. The number of benzene rings is 3. The van der Waals surface area contributed by atoms with Crippen LogP contribution in [0.3, 0.4) is 0 Å². The van der Waals surface area contributed by atoms with Gasteiger partial charge < -0.3 is 30.7 Å². The number of hydrogen-bond donors (Lipinski definition) is 3. The average molecular weight is 759 g/mol. The van der Waals surface area contributed by atoms with E-state index < -0.39 is 0 Å². The second-order valence-corrected chi connectivity index (χ2v) is 17.4. The van der Waals surface area contributed by atoms with Crippen molar-refractivity contribution in [2.24, 2.45) is 16.7 Å². The van der Waals surface area contributed by atoms with E-state index in [1.807, 2.05) is 77.1 Å². The summed E-state index contributed by atoms with van der Waals surface area (Å²) in [5.74, 6) is 0.309. The molecule has 3 aromatic carbocycles. The van der Waals surface area contributed by atoms with Crippen molar-refractivity contribution < 1.29 is 19.2 Å². The van der Waals surface area contributed by atoms with Crippen molar-refractivity contribution >= 4 is 46.4 Å². The predicted octanol–water partition coefficient (Wildman–Crippen LogP) is 7.98. The molecule has 0 aromatic heterocycles. The Kier molecular flexibility index (Phi) is 10.5. The molecule has 3 aliphatic carbocycles. The Hall–Kier alpha value is -4.70. The van der Waals surface area contributed by atoms with E-state index in [4.69, 9.17) is 0 Å². The number of likely N-dealkylation sites (tertiary alicyclic amines) is 1. The molecule has 4 amide bonds. The molecular weight excluding hydrogens is 701 g/mol. The molecule has 9 rings (SSSR count). The molecule has 4 atom stereocenters. The summed E-state index contributed by atoms with van der Waals surface area (Å²) in [6.07, 6.45) is 8.55. The zero-order valence-electron chi connectivity index (χ0n) is 33.5. The normalized spacial score (nSPS) is 28.2. The lowest BCUT2D eigenvalue weighted by Gasteiger charge is -2.55. The number of carbonyl (C=O) groups is 4. The Balaban J connectivity index is 0.810. The van der Waals surface area contributed by atoms with Gasteiger partial charge in [0.25, 0.3) is 0 Å². The molecule has 3 aromatic rings. The van der Waals surface area contributed by atoms with E-state index >= 15 is 0 Å². The molecule has 56 heavy (non-hydrogen) atoms. The third-order valence-corrected chi connectivity index (χ3v) is 13.9. The van der Waals surface area contributed by atoms with Crippen LogP contribution >= 0.6 is 0 Å². The summed E-state index contributed by atoms with van der Waals surface area (Å²) >= 11 is 0. The van der Waals surface area contributed by atoms with Crippen LogP contribution in [0, 0.1) is 16.7 Å². The maximum atomic E-state index is 14.0. The van der Waals surface area contributed by atoms with Gasteiger partial charge in [0, 0.05) is 78.8 Å². The van der Waals surface area contributed by atoms with Gasteiger partial charge in [-0.25, -0.2) is 0 Å². The Morgan fingerprint density at radius 1 is 0.661 bits per heavy atom. The highest BCUT2D eigenvalue weighted by molar-refractivity contribution is 5.97. The minimum absolute atomic E-state index is 0.0406. The number of rotatable bonds is 10. The van der Waals surface area contributed by atoms with E-state index in [2.05, 4.69) is 54.1 Å². The zero-order valence-corrected chi connectivity index (χ0v) is 33.5. The van der Waals surface area contributed by atoms with Gasteiger partial charge in [0.15, 0.2) is 0 Å². The Bertz CT molecular complexity index is 1950. The van der Waals surface area contributed by atoms with Gasteiger partial charge in [0.2, 0.25) is 23.6 Å². The molecule has 10 heteroatoms. The summed E-state index contributed by atoms with van der Waals surface area (Å²) in [7, 11) is 0. The van der Waals surface area contributed by atoms with Crippen molar-refractivity contribution in [3.05, 3.63) is 83.9 Å². The topological polar surface area (TPSA) is 114 Å². The highest BCUT2D eigenvalue weighted by Crippen LogP contribution is 2.58. The maximum absolute atomic E-state index is 14.0. The predicted molar refractivity (Wildman–Crippen MR) is 221 cm³/mol. The summed E-state index contributed by atoms with van der Waals surface area (Å²) in [4.78, 5) is 58.6. The van der Waals surface area contributed by atoms with E-state index in [0.717, 1.165) is 86.2 Å². The van der Waals surface area contributed by atoms with Crippen LogP contribution in [0.2, 0.25) is 0 Å². The number of nitrogens with zero attached hydrogens (tertiary/aromatic N) is 3. The van der Waals surface area contributed by atoms with Crippen molar-refractivity contribution in [1.82, 2.24) is 10.2 Å². The number of carbonyl (C=O) groups excluding carboxylic acids is 4. The molecule has 3 saturated carbocycles. The first kappa shape index (κ1) is 38.2. The number of anilines is 4. The number of fused-ring (bicyclic) bond motifs is 5. The summed E-state index contributed by atoms with van der Waals surface area (Å²) in [5, 5.41) is 10.7. The highest BCUT2D eigenvalue weighted by Gasteiger charge is 2.55. The highest BCUT2D eigenvalue weighted by atomic mass is 16.2. The van der Waals surface area contributed by atoms with Gasteiger partial charge >= 0.3 is 0 Å². The maximum Gasteiger partial charge on any atom is 0.231 e. The quantitative estimate of drug-likeness (QED) is 0.193. The van der Waals surface area contributed by atoms with Gasteiger partial charge in [0.1, 0.15) is 0 Å². The Morgan fingerprint density at radius 3 is 1.71 bits per heavy atom. The minimum atomic E-state index is -0.292. The number of nitrogens with one attached hydrogen (secondary N) is 3. The lowest BCUT2D eigenvalue weighted by atomic mass is 9.53. The van der Waals surface area contributed by atoms with Crippen LogP contribution in [0.25, 0.3) is 0 Å². The molecule has 10 nitrogen and oxygen atoms in total. The van der Waals surface area contributed by atoms with Gasteiger partial charge in [-0.15, -0.1) is 0 Å². The monoisotopic (exact) mass is 758 g/mol. The van der Waals surface area contributed by atoms with E-state index in [1.165, 1.54) is 5.56 Å². The lowest BCUT2D eigenvalue weighted by Crippen LogP contribution is -2.61. The standard InChI is InChI=1S/C46H58N6O4/c1-5-41(53)51-30(3)25-37(35-11-7-9-13-39(35)51)47-29-45-19-22-46(23-20-45,24-21-45)44(56)50-27-32(28-50)43(55)49-34-17-15-33(16-18-34)48-38-26-31(4)52(42(54)6-2)40-14-10-8-12-36(38)40/h7-18,30-32,37-38,47-48H,5-6,19-29H2,1-4H3,(H,49,55)/t30-,31-,37+,38+,45?,46?/m0/s1. The molecule has 0 spiro atoms. The molecule has 6 aliphatic rings. The van der Waals surface area contributed by atoms with Crippen LogP contribution in [0.1, 0.15) is 115 Å². The van der Waals surface area contributed by atoms with E-state index in [-0.39, 0.29) is 64.5 Å². The fraction of sp³-hybridized carbons (Fsp3) is 0.522. The molecular formula is C46H58N6O4. The molecule has 3 N–H and O–H groups in total. The number of amides is 4. The molecule has 0 unspecified atom stereocenters. The third kappa shape index (κ3) is 6.99. The number of para-hydroxylation sites is 2. The molecule has 4 fully saturated rings. The summed E-state index contributed by atoms with van der Waals surface area (Å²) in [6, 6.07) is 24.8. The first-order chi connectivity index (χ1) is 27.0. The van der Waals surface area contributed by atoms with Gasteiger partial charge in [-0.2, -0.15) is 0 Å². The smallest absolute Gasteiger partial charge is 0.231 e. The van der Waals surface area contributed by atoms with Gasteiger partial charge in [0.05, 0.1) is 12.0 Å². The molecule has 1 saturated heterocycles. The summed E-state index contributed by atoms with van der Waals surface area (Å²) < 4.78 is 0. The minimum Gasteiger partial charge on any atom is -0.378 e. The summed E-state index contributed by atoms with van der Waals surface area (Å²) in [6.45, 7) is 9.98. The van der Waals surface area contributed by atoms with Crippen LogP contribution in [0.4, 0.5) is 22.7 Å². The SMILES string of the molecule is CCC(=O)N1c2ccccc2[C@H](NCC23CCC(C(=O)N4CC(C(=O)Nc5ccc(N[C@@H]6C[C@H](C)N(C(=O)CC)c7ccccc76)cc5)C4)(CC2)CC3)C[C@@H]1C. The van der Waals surface area contributed by atoms with Crippen LogP contribution in [0.5, 0.6) is 0 Å². The zero-order chi connectivity index (χ0) is 39.2. The summed E-state index contributed by atoms with van der Waals surface area (Å²) in [5.41, 5.74) is 5.93. The first-order valence-electron chi connectivity index (χ1n) is 21.1. The van der Waals surface area contributed by atoms with Gasteiger partial charge in [-0.3, -0.25) is 19.2 Å². The fourth-order valence-corrected chi connectivity index (χ4v) is 10.5. The molecule has 3 aliphatic heterocycles. The van der Waals surface area contributed by atoms with Crippen LogP contribution < -0.4 is 25.8 Å². The van der Waals surface area contributed by atoms with Crippen LogP contribution in [-0.4, -0.2) is 60.2 Å². The van der Waals surface area contributed by atoms with Crippen molar-refractivity contribution in [2.75, 3.05) is 40.1 Å². The average Bonchev–Trinajstić information content (AvgIpc) is 3.20. The van der Waals surface area contributed by atoms with E-state index in [9.17, 15) is 19.2 Å².